The summed E-state index contributed by atoms with van der Waals surface area (Å²) in [6, 6.07) is 10.9. The van der Waals surface area contributed by atoms with Crippen molar-refractivity contribution in [3.63, 3.8) is 0 Å². The molecule has 0 unspecified atom stereocenters. The van der Waals surface area contributed by atoms with Crippen LogP contribution in [0.1, 0.15) is 35.3 Å². The fraction of sp³-hybridized carbons (Fsp3) is 0.150. The zero-order valence-electron chi connectivity index (χ0n) is 13.4. The molecular weight excluding hydrogens is 368 g/mol. The van der Waals surface area contributed by atoms with Gasteiger partial charge in [0.25, 0.3) is 0 Å². The van der Waals surface area contributed by atoms with E-state index in [4.69, 9.17) is 4.74 Å². The number of benzene rings is 2. The second-order valence-electron chi connectivity index (χ2n) is 6.16. The molecule has 2 aromatic rings. The van der Waals surface area contributed by atoms with Crippen LogP contribution in [0, 0.1) is 0 Å². The van der Waals surface area contributed by atoms with Crippen molar-refractivity contribution in [2.45, 2.75) is 19.4 Å². The molecule has 4 heteroatoms. The monoisotopic (exact) mass is 384 g/mol. The van der Waals surface area contributed by atoms with Gasteiger partial charge in [0.05, 0.1) is 11.1 Å². The van der Waals surface area contributed by atoms with Gasteiger partial charge >= 0.3 is 0 Å². The van der Waals surface area contributed by atoms with Crippen LogP contribution >= 0.6 is 15.9 Å². The second-order valence-corrected chi connectivity index (χ2v) is 7.08. The minimum atomic E-state index is -0.424. The molecule has 0 saturated heterocycles. The Morgan fingerprint density at radius 2 is 1.88 bits per heavy atom. The lowest BCUT2D eigenvalue weighted by atomic mass is 9.98. The molecule has 122 valence electrons. The smallest absolute Gasteiger partial charge is 0.189 e. The van der Waals surface area contributed by atoms with Gasteiger partial charge in [-0.05, 0) is 61.9 Å². The topological polar surface area (TPSA) is 46.5 Å². The van der Waals surface area contributed by atoms with Crippen molar-refractivity contribution in [2.24, 2.45) is 0 Å². The lowest BCUT2D eigenvalue weighted by Crippen LogP contribution is -2.27. The Labute approximate surface area is 149 Å². The lowest BCUT2D eigenvalue weighted by Gasteiger charge is -2.28. The van der Waals surface area contributed by atoms with Crippen LogP contribution in [0.15, 0.2) is 53.0 Å². The van der Waals surface area contributed by atoms with Crippen LogP contribution in [0.4, 0.5) is 0 Å². The molecule has 0 saturated carbocycles. The van der Waals surface area contributed by atoms with Crippen LogP contribution in [-0.2, 0) is 0 Å². The molecule has 0 bridgehead atoms. The van der Waals surface area contributed by atoms with Gasteiger partial charge in [-0.2, -0.15) is 0 Å². The highest BCUT2D eigenvalue weighted by Crippen LogP contribution is 2.38. The Morgan fingerprint density at radius 1 is 1.17 bits per heavy atom. The summed E-state index contributed by atoms with van der Waals surface area (Å²) in [6.45, 7) is 3.87. The van der Waals surface area contributed by atoms with Gasteiger partial charge in [0.1, 0.15) is 17.1 Å². The molecule has 0 radical (unpaired) electrons. The SMILES string of the molecule is CC1(C)C=Cc2c(ccc(C(=O)/C=C/c3ccc(Br)cc3)c2O)O1. The Morgan fingerprint density at radius 3 is 2.58 bits per heavy atom. The van der Waals surface area contributed by atoms with Crippen LogP contribution in [0.5, 0.6) is 11.5 Å². The van der Waals surface area contributed by atoms with E-state index in [9.17, 15) is 9.90 Å². The summed E-state index contributed by atoms with van der Waals surface area (Å²) in [5, 5.41) is 10.4. The molecular formula is C20H17BrO3. The Bertz CT molecular complexity index is 846. The average molecular weight is 385 g/mol. The molecule has 0 amide bonds. The standard InChI is InChI=1S/C20H17BrO3/c1-20(2)12-11-16-18(24-20)10-8-15(19(16)23)17(22)9-5-13-3-6-14(21)7-4-13/h3-12,23H,1-2H3/b9-5+. The lowest BCUT2D eigenvalue weighted by molar-refractivity contribution is 0.104. The zero-order chi connectivity index (χ0) is 17.3. The van der Waals surface area contributed by atoms with E-state index in [1.165, 1.54) is 6.08 Å². The summed E-state index contributed by atoms with van der Waals surface area (Å²) in [4.78, 5) is 12.4. The number of carbonyl (C=O) groups is 1. The van der Waals surface area contributed by atoms with Crippen LogP contribution in [0.25, 0.3) is 12.2 Å². The molecule has 1 aliphatic rings. The molecule has 0 atom stereocenters. The third-order valence-corrected chi connectivity index (χ3v) is 4.29. The normalized spacial score (nSPS) is 15.1. The molecule has 0 aromatic heterocycles. The van der Waals surface area contributed by atoms with Gasteiger partial charge in [-0.25, -0.2) is 0 Å². The maximum atomic E-state index is 12.4. The van der Waals surface area contributed by atoms with Crippen molar-refractivity contribution in [1.82, 2.24) is 0 Å². The molecule has 24 heavy (non-hydrogen) atoms. The highest BCUT2D eigenvalue weighted by atomic mass is 79.9. The van der Waals surface area contributed by atoms with Crippen molar-refractivity contribution in [3.05, 3.63) is 69.7 Å². The van der Waals surface area contributed by atoms with Crippen molar-refractivity contribution < 1.29 is 14.6 Å². The van der Waals surface area contributed by atoms with E-state index in [1.807, 2.05) is 44.2 Å². The van der Waals surface area contributed by atoms with Crippen molar-refractivity contribution in [3.8, 4) is 11.5 Å². The summed E-state index contributed by atoms with van der Waals surface area (Å²) in [5.41, 5.74) is 1.29. The predicted octanol–water partition coefficient (Wildman–Crippen LogP) is 5.24. The number of rotatable bonds is 3. The van der Waals surface area contributed by atoms with Gasteiger partial charge in [0.15, 0.2) is 5.78 Å². The largest absolute Gasteiger partial charge is 0.506 e. The average Bonchev–Trinajstić information content (AvgIpc) is 2.53. The first-order chi connectivity index (χ1) is 11.4. The van der Waals surface area contributed by atoms with Gasteiger partial charge in [0.2, 0.25) is 0 Å². The first-order valence-corrected chi connectivity index (χ1v) is 8.37. The van der Waals surface area contributed by atoms with Crippen LogP contribution in [0.2, 0.25) is 0 Å². The van der Waals surface area contributed by atoms with Gasteiger partial charge < -0.3 is 9.84 Å². The van der Waals surface area contributed by atoms with Gasteiger partial charge in [-0.15, -0.1) is 0 Å². The maximum Gasteiger partial charge on any atom is 0.189 e. The molecule has 1 N–H and O–H groups in total. The predicted molar refractivity (Wildman–Crippen MR) is 99.4 cm³/mol. The molecule has 0 fully saturated rings. The van der Waals surface area contributed by atoms with E-state index in [-0.39, 0.29) is 17.1 Å². The number of aromatic hydroxyl groups is 1. The number of carbonyl (C=O) groups excluding carboxylic acids is 1. The summed E-state index contributed by atoms with van der Waals surface area (Å²) in [6.07, 6.45) is 6.84. The number of ether oxygens (including phenoxy) is 1. The molecule has 0 spiro atoms. The second kappa shape index (κ2) is 6.29. The Hall–Kier alpha value is -2.33. The number of fused-ring (bicyclic) bond motifs is 1. The van der Waals surface area contributed by atoms with E-state index in [2.05, 4.69) is 15.9 Å². The van der Waals surface area contributed by atoms with Crippen molar-refractivity contribution in [1.29, 1.82) is 0 Å². The first kappa shape index (κ1) is 16.5. The van der Waals surface area contributed by atoms with Gasteiger partial charge in [-0.1, -0.05) is 34.1 Å². The number of phenolic OH excluding ortho intramolecular Hbond substituents is 1. The van der Waals surface area contributed by atoms with Gasteiger partial charge in [-0.3, -0.25) is 4.79 Å². The number of hydrogen-bond donors (Lipinski definition) is 1. The van der Waals surface area contributed by atoms with E-state index in [0.717, 1.165) is 10.0 Å². The van der Waals surface area contributed by atoms with E-state index < -0.39 is 5.60 Å². The highest BCUT2D eigenvalue weighted by molar-refractivity contribution is 9.10. The molecule has 1 aliphatic heterocycles. The number of halogens is 1. The third kappa shape index (κ3) is 3.44. The molecule has 3 nitrogen and oxygen atoms in total. The quantitative estimate of drug-likeness (QED) is 0.581. The summed E-state index contributed by atoms with van der Waals surface area (Å²) < 4.78 is 6.77. The molecule has 3 rings (SSSR count). The zero-order valence-corrected chi connectivity index (χ0v) is 15.0. The first-order valence-electron chi connectivity index (χ1n) is 7.58. The van der Waals surface area contributed by atoms with Crippen molar-refractivity contribution in [2.75, 3.05) is 0 Å². The van der Waals surface area contributed by atoms with Crippen molar-refractivity contribution >= 4 is 33.9 Å². The summed E-state index contributed by atoms with van der Waals surface area (Å²) in [7, 11) is 0. The van der Waals surface area contributed by atoms with E-state index in [1.54, 1.807) is 24.3 Å². The fourth-order valence-corrected chi connectivity index (χ4v) is 2.74. The summed E-state index contributed by atoms with van der Waals surface area (Å²) in [5.74, 6) is 0.273. The van der Waals surface area contributed by atoms with E-state index in [0.29, 0.717) is 11.3 Å². The molecule has 2 aromatic carbocycles. The molecule has 1 heterocycles. The number of ketones is 1. The number of allylic oxidation sites excluding steroid dienone is 1. The van der Waals surface area contributed by atoms with Gasteiger partial charge in [0, 0.05) is 4.47 Å². The Balaban J connectivity index is 1.87. The Kier molecular flexibility index (Phi) is 4.33. The van der Waals surface area contributed by atoms with Crippen LogP contribution in [0.3, 0.4) is 0 Å². The fourth-order valence-electron chi connectivity index (χ4n) is 2.48. The van der Waals surface area contributed by atoms with E-state index >= 15 is 0 Å². The molecule has 0 aliphatic carbocycles. The summed E-state index contributed by atoms with van der Waals surface area (Å²) >= 11 is 3.37. The number of phenols is 1. The minimum Gasteiger partial charge on any atom is -0.506 e. The highest BCUT2D eigenvalue weighted by Gasteiger charge is 2.25. The van der Waals surface area contributed by atoms with Crippen LogP contribution < -0.4 is 4.74 Å². The maximum absolute atomic E-state index is 12.4. The number of hydrogen-bond acceptors (Lipinski definition) is 3. The van der Waals surface area contributed by atoms with Crippen LogP contribution in [-0.4, -0.2) is 16.5 Å². The minimum absolute atomic E-state index is 0.0512. The third-order valence-electron chi connectivity index (χ3n) is 3.76.